The van der Waals surface area contributed by atoms with Crippen LogP contribution in [0.1, 0.15) is 19.8 Å². The first-order chi connectivity index (χ1) is 6.63. The van der Waals surface area contributed by atoms with Crippen molar-refractivity contribution >= 4 is 0 Å². The summed E-state index contributed by atoms with van der Waals surface area (Å²) >= 11 is 0. The van der Waals surface area contributed by atoms with E-state index in [9.17, 15) is 5.11 Å². The highest BCUT2D eigenvalue weighted by molar-refractivity contribution is 4.78. The Morgan fingerprint density at radius 3 is 2.36 bits per heavy atom. The fraction of sp³-hybridized carbons (Fsp3) is 1.00. The van der Waals surface area contributed by atoms with Crippen molar-refractivity contribution in [2.24, 2.45) is 5.92 Å². The lowest BCUT2D eigenvalue weighted by Gasteiger charge is -2.34. The molecule has 0 radical (unpaired) electrons. The molecule has 0 aromatic heterocycles. The molecule has 3 nitrogen and oxygen atoms in total. The molecule has 1 aliphatic heterocycles. The zero-order valence-corrected chi connectivity index (χ0v) is 9.74. The minimum Gasteiger partial charge on any atom is -0.392 e. The Morgan fingerprint density at radius 1 is 1.36 bits per heavy atom. The summed E-state index contributed by atoms with van der Waals surface area (Å²) in [5.41, 5.74) is 0. The Morgan fingerprint density at radius 2 is 1.93 bits per heavy atom. The Balaban J connectivity index is 2.26. The summed E-state index contributed by atoms with van der Waals surface area (Å²) < 4.78 is 0. The van der Waals surface area contributed by atoms with Gasteiger partial charge >= 0.3 is 0 Å². The van der Waals surface area contributed by atoms with Crippen LogP contribution in [-0.4, -0.2) is 61.3 Å². The topological polar surface area (TPSA) is 26.7 Å². The number of aliphatic hydroxyl groups excluding tert-OH is 1. The maximum Gasteiger partial charge on any atom is 0.0695 e. The van der Waals surface area contributed by atoms with Gasteiger partial charge in [-0.25, -0.2) is 0 Å². The molecule has 1 aliphatic rings. The minimum absolute atomic E-state index is 0.135. The normalized spacial score (nSPS) is 22.9. The van der Waals surface area contributed by atoms with Gasteiger partial charge < -0.3 is 14.9 Å². The molecular weight excluding hydrogens is 176 g/mol. The van der Waals surface area contributed by atoms with Gasteiger partial charge in [-0.15, -0.1) is 0 Å². The van der Waals surface area contributed by atoms with E-state index in [2.05, 4.69) is 16.7 Å². The number of hydrogen-bond donors (Lipinski definition) is 1. The average molecular weight is 200 g/mol. The first-order valence-electron chi connectivity index (χ1n) is 5.68. The highest BCUT2D eigenvalue weighted by atomic mass is 16.3. The molecule has 0 amide bonds. The summed E-state index contributed by atoms with van der Waals surface area (Å²) in [6, 6.07) is 0. The summed E-state index contributed by atoms with van der Waals surface area (Å²) in [6.07, 6.45) is 2.18. The Labute approximate surface area is 87.7 Å². The Bertz CT molecular complexity index is 153. The van der Waals surface area contributed by atoms with Crippen molar-refractivity contribution in [3.05, 3.63) is 0 Å². The molecule has 3 heteroatoms. The summed E-state index contributed by atoms with van der Waals surface area (Å²) in [5, 5.41) is 9.94. The van der Waals surface area contributed by atoms with E-state index < -0.39 is 0 Å². The van der Waals surface area contributed by atoms with Crippen LogP contribution in [0, 0.1) is 5.92 Å². The van der Waals surface area contributed by atoms with Crippen LogP contribution < -0.4 is 0 Å². The molecule has 0 aromatic carbocycles. The van der Waals surface area contributed by atoms with E-state index in [1.54, 1.807) is 0 Å². The first-order valence-corrected chi connectivity index (χ1v) is 5.68. The molecule has 0 saturated carbocycles. The van der Waals surface area contributed by atoms with Gasteiger partial charge in [-0.05, 0) is 52.5 Å². The van der Waals surface area contributed by atoms with Crippen molar-refractivity contribution in [1.29, 1.82) is 0 Å². The number of hydrogen-bond acceptors (Lipinski definition) is 3. The zero-order chi connectivity index (χ0) is 10.6. The fourth-order valence-electron chi connectivity index (χ4n) is 2.18. The average Bonchev–Trinajstić information content (AvgIpc) is 2.17. The van der Waals surface area contributed by atoms with Crippen molar-refractivity contribution < 1.29 is 5.11 Å². The van der Waals surface area contributed by atoms with Gasteiger partial charge in [0.1, 0.15) is 0 Å². The maximum absolute atomic E-state index is 9.94. The second-order valence-electron chi connectivity index (χ2n) is 4.60. The number of piperidine rings is 1. The van der Waals surface area contributed by atoms with Gasteiger partial charge in [-0.1, -0.05) is 6.92 Å². The third-order valence-corrected chi connectivity index (χ3v) is 3.18. The summed E-state index contributed by atoms with van der Waals surface area (Å²) in [4.78, 5) is 4.52. The van der Waals surface area contributed by atoms with Crippen LogP contribution in [0.15, 0.2) is 0 Å². The van der Waals surface area contributed by atoms with Gasteiger partial charge in [0.15, 0.2) is 0 Å². The smallest absolute Gasteiger partial charge is 0.0695 e. The molecule has 1 rings (SSSR count). The third kappa shape index (κ3) is 3.56. The van der Waals surface area contributed by atoms with E-state index in [0.29, 0.717) is 5.92 Å². The van der Waals surface area contributed by atoms with E-state index in [1.807, 2.05) is 14.1 Å². The summed E-state index contributed by atoms with van der Waals surface area (Å²) in [6.45, 7) is 6.47. The van der Waals surface area contributed by atoms with Gasteiger partial charge in [0.05, 0.1) is 6.10 Å². The highest BCUT2D eigenvalue weighted by Crippen LogP contribution is 2.20. The van der Waals surface area contributed by atoms with Crippen LogP contribution in [0.4, 0.5) is 0 Å². The van der Waals surface area contributed by atoms with E-state index in [0.717, 1.165) is 39.0 Å². The number of aliphatic hydroxyl groups is 1. The van der Waals surface area contributed by atoms with Crippen molar-refractivity contribution in [1.82, 2.24) is 9.80 Å². The van der Waals surface area contributed by atoms with Crippen molar-refractivity contribution in [3.8, 4) is 0 Å². The molecule has 14 heavy (non-hydrogen) atoms. The number of likely N-dealkylation sites (N-methyl/N-ethyl adjacent to an activating group) is 1. The molecular formula is C11H24N2O. The van der Waals surface area contributed by atoms with Gasteiger partial charge in [0.2, 0.25) is 0 Å². The van der Waals surface area contributed by atoms with E-state index in [4.69, 9.17) is 0 Å². The molecule has 0 aliphatic carbocycles. The third-order valence-electron chi connectivity index (χ3n) is 3.18. The highest BCUT2D eigenvalue weighted by Gasteiger charge is 2.24. The number of nitrogens with zero attached hydrogens (tertiary/aromatic N) is 2. The van der Waals surface area contributed by atoms with Crippen LogP contribution in [0.5, 0.6) is 0 Å². The van der Waals surface area contributed by atoms with Crippen molar-refractivity contribution in [2.75, 3.05) is 40.3 Å². The first kappa shape index (κ1) is 12.0. The molecule has 0 aromatic rings. The molecule has 1 saturated heterocycles. The lowest BCUT2D eigenvalue weighted by atomic mass is 9.91. The van der Waals surface area contributed by atoms with Crippen molar-refractivity contribution in [3.63, 3.8) is 0 Å². The fourth-order valence-corrected chi connectivity index (χ4v) is 2.18. The monoisotopic (exact) mass is 200 g/mol. The van der Waals surface area contributed by atoms with E-state index in [-0.39, 0.29) is 6.10 Å². The number of likely N-dealkylation sites (tertiary alicyclic amines) is 1. The van der Waals surface area contributed by atoms with Gasteiger partial charge in [0, 0.05) is 6.54 Å². The van der Waals surface area contributed by atoms with Gasteiger partial charge in [-0.3, -0.25) is 0 Å². The molecule has 1 unspecified atom stereocenters. The standard InChI is InChI=1S/C11H24N2O/c1-4-13-7-5-10(6-8-13)11(14)9-12(2)3/h10-11,14H,4-9H2,1-3H3. The quantitative estimate of drug-likeness (QED) is 0.721. The SMILES string of the molecule is CCN1CCC(C(O)CN(C)C)CC1. The van der Waals surface area contributed by atoms with Crippen LogP contribution in [0.3, 0.4) is 0 Å². The summed E-state index contributed by atoms with van der Waals surface area (Å²) in [5.74, 6) is 0.514. The maximum atomic E-state index is 9.94. The predicted octanol–water partition coefficient (Wildman–Crippen LogP) is 0.641. The molecule has 1 heterocycles. The Kier molecular flexibility index (Phi) is 4.85. The molecule has 1 N–H and O–H groups in total. The van der Waals surface area contributed by atoms with Crippen LogP contribution >= 0.6 is 0 Å². The van der Waals surface area contributed by atoms with Crippen LogP contribution in [-0.2, 0) is 0 Å². The molecule has 0 bridgehead atoms. The molecule has 1 atom stereocenters. The van der Waals surface area contributed by atoms with Gasteiger partial charge in [0.25, 0.3) is 0 Å². The largest absolute Gasteiger partial charge is 0.392 e. The second-order valence-corrected chi connectivity index (χ2v) is 4.60. The van der Waals surface area contributed by atoms with Gasteiger partial charge in [-0.2, -0.15) is 0 Å². The molecule has 0 spiro atoms. The van der Waals surface area contributed by atoms with E-state index >= 15 is 0 Å². The molecule has 84 valence electrons. The lowest BCUT2D eigenvalue weighted by molar-refractivity contribution is 0.0430. The van der Waals surface area contributed by atoms with Crippen LogP contribution in [0.25, 0.3) is 0 Å². The lowest BCUT2D eigenvalue weighted by Crippen LogP contribution is -2.40. The summed E-state index contributed by atoms with van der Waals surface area (Å²) in [7, 11) is 4.04. The number of rotatable bonds is 4. The molecule has 1 fully saturated rings. The van der Waals surface area contributed by atoms with E-state index in [1.165, 1.54) is 0 Å². The zero-order valence-electron chi connectivity index (χ0n) is 9.74. The Hall–Kier alpha value is -0.120. The predicted molar refractivity (Wildman–Crippen MR) is 59.4 cm³/mol. The second kappa shape index (κ2) is 5.69. The van der Waals surface area contributed by atoms with Crippen molar-refractivity contribution in [2.45, 2.75) is 25.9 Å². The minimum atomic E-state index is -0.135. The van der Waals surface area contributed by atoms with Crippen LogP contribution in [0.2, 0.25) is 0 Å².